The molecule has 4 atom stereocenters. The molecular weight excluding hydrogens is 453 g/mol. The Morgan fingerprint density at radius 1 is 1.26 bits per heavy atom. The van der Waals surface area contributed by atoms with Gasteiger partial charge in [0.15, 0.2) is 6.17 Å². The van der Waals surface area contributed by atoms with Gasteiger partial charge in [-0.15, -0.1) is 0 Å². The van der Waals surface area contributed by atoms with Crippen molar-refractivity contribution in [3.63, 3.8) is 0 Å². The van der Waals surface area contributed by atoms with E-state index in [-0.39, 0.29) is 46.2 Å². The van der Waals surface area contributed by atoms with Gasteiger partial charge < -0.3 is 9.67 Å². The molecule has 0 spiro atoms. The molecule has 0 saturated heterocycles. The van der Waals surface area contributed by atoms with Crippen LogP contribution in [0.4, 0.5) is 22.0 Å². The molecule has 0 bridgehead atoms. The number of benzene rings is 2. The van der Waals surface area contributed by atoms with Gasteiger partial charge in [-0.3, -0.25) is 0 Å². The fraction of sp³-hybridized carbons (Fsp3) is 0.360. The molecule has 1 aliphatic carbocycles. The van der Waals surface area contributed by atoms with Crippen LogP contribution in [0.2, 0.25) is 0 Å². The molecule has 178 valence electrons. The highest BCUT2D eigenvalue weighted by molar-refractivity contribution is 5.70. The summed E-state index contributed by atoms with van der Waals surface area (Å²) in [7, 11) is 1.66. The second-order valence-corrected chi connectivity index (χ2v) is 8.59. The number of aliphatic hydroxyl groups excluding tert-OH is 1. The van der Waals surface area contributed by atoms with Gasteiger partial charge in [0, 0.05) is 19.0 Å². The highest BCUT2D eigenvalue weighted by Crippen LogP contribution is 2.44. The van der Waals surface area contributed by atoms with Crippen LogP contribution in [0, 0.1) is 29.9 Å². The van der Waals surface area contributed by atoms with Crippen LogP contribution in [0.15, 0.2) is 24.4 Å². The van der Waals surface area contributed by atoms with Crippen LogP contribution in [-0.2, 0) is 19.9 Å². The second-order valence-electron chi connectivity index (χ2n) is 8.59. The van der Waals surface area contributed by atoms with Crippen molar-refractivity contribution in [2.45, 2.75) is 51.3 Å². The summed E-state index contributed by atoms with van der Waals surface area (Å²) in [5.74, 6) is -1.08. The highest BCUT2D eigenvalue weighted by atomic mass is 19.2. The molecule has 4 nitrogen and oxygen atoms in total. The van der Waals surface area contributed by atoms with Crippen LogP contribution in [0.1, 0.15) is 58.4 Å². The molecule has 1 N–H and O–H groups in total. The summed E-state index contributed by atoms with van der Waals surface area (Å²) in [5, 5.41) is 20.1. The first-order valence-corrected chi connectivity index (χ1v) is 10.7. The third-order valence-electron chi connectivity index (χ3n) is 6.47. The van der Waals surface area contributed by atoms with Crippen molar-refractivity contribution in [2.24, 2.45) is 7.05 Å². The van der Waals surface area contributed by atoms with Crippen molar-refractivity contribution in [3.8, 4) is 17.3 Å². The Morgan fingerprint density at radius 2 is 1.97 bits per heavy atom. The number of aliphatic hydroxyl groups is 1. The van der Waals surface area contributed by atoms with Crippen LogP contribution >= 0.6 is 0 Å². The van der Waals surface area contributed by atoms with Gasteiger partial charge in [-0.1, -0.05) is 0 Å². The zero-order chi connectivity index (χ0) is 24.9. The monoisotopic (exact) mass is 475 g/mol. The Morgan fingerprint density at radius 3 is 2.56 bits per heavy atom. The summed E-state index contributed by atoms with van der Waals surface area (Å²) in [6.07, 6.45) is -6.58. The van der Waals surface area contributed by atoms with Crippen LogP contribution in [0.3, 0.4) is 0 Å². The average Bonchev–Trinajstić information content (AvgIpc) is 3.27. The first kappa shape index (κ1) is 23.9. The van der Waals surface area contributed by atoms with E-state index in [0.29, 0.717) is 17.1 Å². The maximum absolute atomic E-state index is 15.5. The number of alkyl halides is 3. The lowest BCUT2D eigenvalue weighted by molar-refractivity contribution is 0.0927. The molecule has 0 aliphatic heterocycles. The van der Waals surface area contributed by atoms with E-state index < -0.39 is 36.3 Å². The van der Waals surface area contributed by atoms with Gasteiger partial charge >= 0.3 is 0 Å². The van der Waals surface area contributed by atoms with E-state index in [1.165, 1.54) is 6.20 Å². The highest BCUT2D eigenvalue weighted by Gasteiger charge is 2.38. The summed E-state index contributed by atoms with van der Waals surface area (Å²) in [5.41, 5.74) is 0.343. The number of hydrogen-bond acceptors (Lipinski definition) is 3. The number of halogens is 5. The normalized spacial score (nSPS) is 19.1. The Labute approximate surface area is 193 Å². The minimum absolute atomic E-state index is 0.00934. The molecule has 2 aromatic carbocycles. The van der Waals surface area contributed by atoms with E-state index in [1.807, 2.05) is 0 Å². The molecule has 3 aromatic rings. The lowest BCUT2D eigenvalue weighted by atomic mass is 9.87. The standard InChI is InChI=1S/C25H22F5N3O/c1-11(26)24(30)18-7-15(27)4-14(9-31)16(18)5-13-6-19(28)23(21-10-32-12(2)33(21)3)22-17(13)8-20(29)25(22)34/h4,6-7,10-11,20,24-25,34H,5,8H2,1-3H3. The quantitative estimate of drug-likeness (QED) is 0.501. The number of fused-ring (bicyclic) bond motifs is 1. The largest absolute Gasteiger partial charge is 0.385 e. The Hall–Kier alpha value is -3.25. The zero-order valence-corrected chi connectivity index (χ0v) is 18.7. The van der Waals surface area contributed by atoms with E-state index in [1.54, 1.807) is 24.6 Å². The minimum Gasteiger partial charge on any atom is -0.385 e. The number of imidazole rings is 1. The summed E-state index contributed by atoms with van der Waals surface area (Å²) < 4.78 is 74.3. The van der Waals surface area contributed by atoms with Crippen molar-refractivity contribution in [3.05, 3.63) is 75.2 Å². The van der Waals surface area contributed by atoms with Gasteiger partial charge in [-0.25, -0.2) is 26.9 Å². The first-order chi connectivity index (χ1) is 16.0. The van der Waals surface area contributed by atoms with Gasteiger partial charge in [0.25, 0.3) is 0 Å². The third kappa shape index (κ3) is 3.86. The SMILES string of the molecule is Cc1ncc(-c2c(F)cc(Cc3c(C#N)cc(F)cc3C(F)C(C)F)c3c2C(O)C(F)C3)n1C. The van der Waals surface area contributed by atoms with E-state index >= 15 is 4.39 Å². The summed E-state index contributed by atoms with van der Waals surface area (Å²) in [6.45, 7) is 2.68. The van der Waals surface area contributed by atoms with Crippen LogP contribution in [0.25, 0.3) is 11.3 Å². The minimum atomic E-state index is -2.22. The molecule has 9 heteroatoms. The van der Waals surface area contributed by atoms with E-state index in [2.05, 4.69) is 4.98 Å². The molecule has 1 aliphatic rings. The molecule has 34 heavy (non-hydrogen) atoms. The molecule has 4 unspecified atom stereocenters. The molecule has 1 heterocycles. The number of hydrogen-bond donors (Lipinski definition) is 1. The van der Waals surface area contributed by atoms with E-state index in [0.717, 1.165) is 25.1 Å². The maximum Gasteiger partial charge on any atom is 0.156 e. The van der Waals surface area contributed by atoms with E-state index in [4.69, 9.17) is 0 Å². The molecule has 1 aromatic heterocycles. The van der Waals surface area contributed by atoms with Crippen molar-refractivity contribution in [1.29, 1.82) is 5.26 Å². The lowest BCUT2D eigenvalue weighted by Crippen LogP contribution is -2.12. The Balaban J connectivity index is 1.93. The van der Waals surface area contributed by atoms with Crippen molar-refractivity contribution in [2.75, 3.05) is 0 Å². The fourth-order valence-electron chi connectivity index (χ4n) is 4.61. The van der Waals surface area contributed by atoms with Crippen LogP contribution < -0.4 is 0 Å². The zero-order valence-electron chi connectivity index (χ0n) is 18.7. The van der Waals surface area contributed by atoms with Crippen molar-refractivity contribution < 1.29 is 27.1 Å². The third-order valence-corrected chi connectivity index (χ3v) is 6.47. The van der Waals surface area contributed by atoms with Gasteiger partial charge in [0.1, 0.15) is 35.9 Å². The predicted octanol–water partition coefficient (Wildman–Crippen LogP) is 5.43. The number of aryl methyl sites for hydroxylation is 1. The first-order valence-electron chi connectivity index (χ1n) is 10.7. The smallest absolute Gasteiger partial charge is 0.156 e. The number of aromatic nitrogens is 2. The fourth-order valence-corrected chi connectivity index (χ4v) is 4.61. The summed E-state index contributed by atoms with van der Waals surface area (Å²) in [4.78, 5) is 4.14. The number of rotatable bonds is 5. The predicted molar refractivity (Wildman–Crippen MR) is 115 cm³/mol. The molecule has 4 rings (SSSR count). The molecule has 0 radical (unpaired) electrons. The molecule has 0 fully saturated rings. The Kier molecular flexibility index (Phi) is 6.21. The average molecular weight is 475 g/mol. The topological polar surface area (TPSA) is 61.8 Å². The van der Waals surface area contributed by atoms with Gasteiger partial charge in [-0.05, 0) is 66.3 Å². The molecule has 0 amide bonds. The summed E-state index contributed by atoms with van der Waals surface area (Å²) in [6, 6.07) is 4.63. The number of nitriles is 1. The summed E-state index contributed by atoms with van der Waals surface area (Å²) >= 11 is 0. The van der Waals surface area contributed by atoms with Crippen molar-refractivity contribution in [1.82, 2.24) is 9.55 Å². The van der Waals surface area contributed by atoms with Gasteiger partial charge in [-0.2, -0.15) is 5.26 Å². The maximum atomic E-state index is 15.5. The van der Waals surface area contributed by atoms with Gasteiger partial charge in [0.05, 0.1) is 23.5 Å². The number of nitrogens with zero attached hydrogens (tertiary/aromatic N) is 3. The Bertz CT molecular complexity index is 1310. The van der Waals surface area contributed by atoms with Gasteiger partial charge in [0.2, 0.25) is 0 Å². The van der Waals surface area contributed by atoms with Crippen molar-refractivity contribution >= 4 is 0 Å². The van der Waals surface area contributed by atoms with Crippen LogP contribution in [-0.4, -0.2) is 27.0 Å². The molecule has 0 saturated carbocycles. The van der Waals surface area contributed by atoms with E-state index in [9.17, 15) is 27.9 Å². The second kappa shape index (κ2) is 8.84. The molecular formula is C25H22F5N3O. The lowest BCUT2D eigenvalue weighted by Gasteiger charge is -2.20. The van der Waals surface area contributed by atoms with Crippen LogP contribution in [0.5, 0.6) is 0 Å².